The molecule has 1 amide bonds. The first kappa shape index (κ1) is 17.5. The van der Waals surface area contributed by atoms with Gasteiger partial charge in [0.25, 0.3) is 5.91 Å². The minimum atomic E-state index is -0.0438. The number of rotatable bonds is 5. The Hall–Kier alpha value is -2.27. The predicted octanol–water partition coefficient (Wildman–Crippen LogP) is 3.30. The van der Waals surface area contributed by atoms with Crippen LogP contribution in [0.1, 0.15) is 40.3 Å². The molecule has 0 radical (unpaired) electrons. The van der Waals surface area contributed by atoms with Crippen molar-refractivity contribution >= 4 is 5.91 Å². The van der Waals surface area contributed by atoms with E-state index in [4.69, 9.17) is 9.15 Å². The molecular formula is C20H26N2O3. The Morgan fingerprint density at radius 2 is 2.16 bits per heavy atom. The van der Waals surface area contributed by atoms with Crippen molar-refractivity contribution in [2.75, 3.05) is 20.1 Å². The molecule has 1 aliphatic rings. The van der Waals surface area contributed by atoms with Crippen molar-refractivity contribution in [3.63, 3.8) is 0 Å². The minimum Gasteiger partial charge on any atom is -0.485 e. The van der Waals surface area contributed by atoms with Gasteiger partial charge in [0, 0.05) is 19.1 Å². The molecule has 0 bridgehead atoms. The predicted molar refractivity (Wildman–Crippen MR) is 96.9 cm³/mol. The maximum Gasteiger partial charge on any atom is 0.289 e. The lowest BCUT2D eigenvalue weighted by molar-refractivity contribution is 0.0662. The molecule has 2 aromatic rings. The zero-order valence-electron chi connectivity index (χ0n) is 15.2. The van der Waals surface area contributed by atoms with E-state index in [0.29, 0.717) is 24.2 Å². The number of likely N-dealkylation sites (tertiary alicyclic amines) is 1. The fourth-order valence-corrected chi connectivity index (χ4v) is 3.23. The van der Waals surface area contributed by atoms with Crippen LogP contribution < -0.4 is 10.1 Å². The van der Waals surface area contributed by atoms with Crippen LogP contribution in [0.2, 0.25) is 0 Å². The SMILES string of the molecule is CNC1CCCN(C(=O)c2ccc(COc3ccc(C)cc3C)o2)C1. The summed E-state index contributed by atoms with van der Waals surface area (Å²) >= 11 is 0. The van der Waals surface area contributed by atoms with Gasteiger partial charge >= 0.3 is 0 Å². The van der Waals surface area contributed by atoms with E-state index >= 15 is 0 Å². The molecule has 0 aliphatic carbocycles. The van der Waals surface area contributed by atoms with Gasteiger partial charge in [0.2, 0.25) is 0 Å². The molecule has 5 nitrogen and oxygen atoms in total. The summed E-state index contributed by atoms with van der Waals surface area (Å²) in [6, 6.07) is 9.99. The molecule has 2 heterocycles. The maximum absolute atomic E-state index is 12.6. The zero-order chi connectivity index (χ0) is 17.8. The van der Waals surface area contributed by atoms with Gasteiger partial charge in [0.15, 0.2) is 5.76 Å². The van der Waals surface area contributed by atoms with Crippen LogP contribution in [0.4, 0.5) is 0 Å². The number of carbonyl (C=O) groups is 1. The molecule has 1 fully saturated rings. The van der Waals surface area contributed by atoms with E-state index in [9.17, 15) is 4.79 Å². The number of carbonyl (C=O) groups excluding carboxylic acids is 1. The Labute approximate surface area is 149 Å². The van der Waals surface area contributed by atoms with Gasteiger partial charge in [0.1, 0.15) is 18.1 Å². The normalized spacial score (nSPS) is 17.6. The van der Waals surface area contributed by atoms with Gasteiger partial charge in [-0.3, -0.25) is 4.79 Å². The average molecular weight is 342 g/mol. The van der Waals surface area contributed by atoms with Crippen LogP contribution in [0.3, 0.4) is 0 Å². The first-order valence-electron chi connectivity index (χ1n) is 8.82. The van der Waals surface area contributed by atoms with Crippen molar-refractivity contribution in [2.45, 2.75) is 39.3 Å². The summed E-state index contributed by atoms with van der Waals surface area (Å²) in [6.07, 6.45) is 2.12. The number of aryl methyl sites for hydroxylation is 2. The number of benzene rings is 1. The fourth-order valence-electron chi connectivity index (χ4n) is 3.23. The van der Waals surface area contributed by atoms with Crippen LogP contribution in [-0.4, -0.2) is 37.0 Å². The van der Waals surface area contributed by atoms with E-state index in [-0.39, 0.29) is 5.91 Å². The van der Waals surface area contributed by atoms with E-state index in [1.165, 1.54) is 5.56 Å². The molecule has 0 spiro atoms. The number of nitrogens with zero attached hydrogens (tertiary/aromatic N) is 1. The first-order chi connectivity index (χ1) is 12.1. The standard InChI is InChI=1S/C20H26N2O3/c1-14-6-8-18(15(2)11-14)24-13-17-7-9-19(25-17)20(23)22-10-4-5-16(12-22)21-3/h6-9,11,16,21H,4-5,10,12-13H2,1-3H3. The quantitative estimate of drug-likeness (QED) is 0.906. The molecule has 1 atom stereocenters. The molecule has 134 valence electrons. The molecule has 3 rings (SSSR count). The summed E-state index contributed by atoms with van der Waals surface area (Å²) in [5.74, 6) is 1.84. The molecule has 1 aromatic heterocycles. The van der Waals surface area contributed by atoms with Crippen LogP contribution >= 0.6 is 0 Å². The second-order valence-electron chi connectivity index (χ2n) is 6.70. The highest BCUT2D eigenvalue weighted by Gasteiger charge is 2.25. The molecule has 0 saturated carbocycles. The smallest absolute Gasteiger partial charge is 0.289 e. The number of furan rings is 1. The van der Waals surface area contributed by atoms with E-state index in [0.717, 1.165) is 37.2 Å². The molecular weight excluding hydrogens is 316 g/mol. The molecule has 1 aromatic carbocycles. The van der Waals surface area contributed by atoms with Crippen LogP contribution in [-0.2, 0) is 6.61 Å². The second kappa shape index (κ2) is 7.74. The van der Waals surface area contributed by atoms with Crippen molar-refractivity contribution in [2.24, 2.45) is 0 Å². The Morgan fingerprint density at radius 3 is 2.92 bits per heavy atom. The number of piperidine rings is 1. The summed E-state index contributed by atoms with van der Waals surface area (Å²) < 4.78 is 11.5. The number of hydrogen-bond acceptors (Lipinski definition) is 4. The topological polar surface area (TPSA) is 54.7 Å². The Bertz CT molecular complexity index is 738. The van der Waals surface area contributed by atoms with Gasteiger partial charge in [0.05, 0.1) is 0 Å². The lowest BCUT2D eigenvalue weighted by Crippen LogP contribution is -2.46. The third kappa shape index (κ3) is 4.23. The number of amides is 1. The Kier molecular flexibility index (Phi) is 5.43. The van der Waals surface area contributed by atoms with Gasteiger partial charge in [-0.2, -0.15) is 0 Å². The lowest BCUT2D eigenvalue weighted by Gasteiger charge is -2.31. The Balaban J connectivity index is 1.61. The zero-order valence-corrected chi connectivity index (χ0v) is 15.2. The maximum atomic E-state index is 12.6. The fraction of sp³-hybridized carbons (Fsp3) is 0.450. The number of hydrogen-bond donors (Lipinski definition) is 1. The third-order valence-corrected chi connectivity index (χ3v) is 4.69. The molecule has 5 heteroatoms. The Morgan fingerprint density at radius 1 is 1.32 bits per heavy atom. The van der Waals surface area contributed by atoms with Crippen molar-refractivity contribution in [1.29, 1.82) is 0 Å². The number of ether oxygens (including phenoxy) is 1. The number of likely N-dealkylation sites (N-methyl/N-ethyl adjacent to an activating group) is 1. The average Bonchev–Trinajstić information content (AvgIpc) is 3.09. The largest absolute Gasteiger partial charge is 0.485 e. The summed E-state index contributed by atoms with van der Waals surface area (Å²) in [5, 5.41) is 3.25. The van der Waals surface area contributed by atoms with Crippen LogP contribution in [0.15, 0.2) is 34.7 Å². The van der Waals surface area contributed by atoms with Crippen LogP contribution in [0, 0.1) is 13.8 Å². The van der Waals surface area contributed by atoms with E-state index in [1.54, 1.807) is 6.07 Å². The van der Waals surface area contributed by atoms with Gasteiger partial charge in [-0.15, -0.1) is 0 Å². The highest BCUT2D eigenvalue weighted by molar-refractivity contribution is 5.91. The molecule has 1 saturated heterocycles. The van der Waals surface area contributed by atoms with Gasteiger partial charge in [-0.05, 0) is 57.5 Å². The number of nitrogens with one attached hydrogen (secondary N) is 1. The van der Waals surface area contributed by atoms with Crippen LogP contribution in [0.25, 0.3) is 0 Å². The summed E-state index contributed by atoms with van der Waals surface area (Å²) in [5.41, 5.74) is 2.30. The highest BCUT2D eigenvalue weighted by atomic mass is 16.5. The van der Waals surface area contributed by atoms with Crippen molar-refractivity contribution in [3.05, 3.63) is 53.0 Å². The molecule has 1 unspecified atom stereocenters. The minimum absolute atomic E-state index is 0.0438. The molecule has 25 heavy (non-hydrogen) atoms. The summed E-state index contributed by atoms with van der Waals surface area (Å²) in [6.45, 7) is 5.90. The lowest BCUT2D eigenvalue weighted by atomic mass is 10.1. The summed E-state index contributed by atoms with van der Waals surface area (Å²) in [4.78, 5) is 14.5. The first-order valence-corrected chi connectivity index (χ1v) is 8.82. The van der Waals surface area contributed by atoms with E-state index < -0.39 is 0 Å². The van der Waals surface area contributed by atoms with Gasteiger partial charge < -0.3 is 19.4 Å². The molecule has 1 N–H and O–H groups in total. The second-order valence-corrected chi connectivity index (χ2v) is 6.70. The van der Waals surface area contributed by atoms with Gasteiger partial charge in [-0.1, -0.05) is 17.7 Å². The molecule has 1 aliphatic heterocycles. The van der Waals surface area contributed by atoms with Crippen molar-refractivity contribution < 1.29 is 13.9 Å². The van der Waals surface area contributed by atoms with Crippen molar-refractivity contribution in [3.8, 4) is 5.75 Å². The third-order valence-electron chi connectivity index (χ3n) is 4.69. The monoisotopic (exact) mass is 342 g/mol. The van der Waals surface area contributed by atoms with Crippen LogP contribution in [0.5, 0.6) is 5.75 Å². The highest BCUT2D eigenvalue weighted by Crippen LogP contribution is 2.21. The summed E-state index contributed by atoms with van der Waals surface area (Å²) in [7, 11) is 1.94. The van der Waals surface area contributed by atoms with Gasteiger partial charge in [-0.25, -0.2) is 0 Å². The van der Waals surface area contributed by atoms with E-state index in [1.807, 2.05) is 37.1 Å². The van der Waals surface area contributed by atoms with E-state index in [2.05, 4.69) is 18.3 Å². The van der Waals surface area contributed by atoms with Crippen molar-refractivity contribution in [1.82, 2.24) is 10.2 Å².